The first kappa shape index (κ1) is 21.5. The van der Waals surface area contributed by atoms with Gasteiger partial charge in [0.05, 0.1) is 26.9 Å². The monoisotopic (exact) mass is 455 g/mol. The Bertz CT molecular complexity index is 1190. The standard InChI is InChI=1S/C22H22ClN5O4/c1-12-17(21(29)27-14-7-5-13(23)6-8-14)18(28-22(26-12)24-11-25-28)15-9-10-16(30-2)20(32-4)19(15)31-3/h5-11,18H,1-4H3,(H,27,29)(H,24,25,26). The summed E-state index contributed by atoms with van der Waals surface area (Å²) in [4.78, 5) is 17.7. The number of nitrogens with zero attached hydrogens (tertiary/aromatic N) is 3. The highest BCUT2D eigenvalue weighted by Gasteiger charge is 2.36. The van der Waals surface area contributed by atoms with Crippen molar-refractivity contribution >= 4 is 29.1 Å². The van der Waals surface area contributed by atoms with Crippen LogP contribution < -0.4 is 24.8 Å². The van der Waals surface area contributed by atoms with Crippen molar-refractivity contribution in [3.05, 3.63) is 64.6 Å². The van der Waals surface area contributed by atoms with Gasteiger partial charge in [0.1, 0.15) is 12.4 Å². The van der Waals surface area contributed by atoms with Crippen molar-refractivity contribution in [2.45, 2.75) is 13.0 Å². The van der Waals surface area contributed by atoms with Gasteiger partial charge in [0, 0.05) is 22.0 Å². The molecule has 9 nitrogen and oxygen atoms in total. The van der Waals surface area contributed by atoms with Crippen LogP contribution in [0.25, 0.3) is 0 Å². The molecule has 1 unspecified atom stereocenters. The Labute approximate surface area is 190 Å². The van der Waals surface area contributed by atoms with Crippen LogP contribution >= 0.6 is 11.6 Å². The van der Waals surface area contributed by atoms with E-state index in [1.54, 1.807) is 42.1 Å². The quantitative estimate of drug-likeness (QED) is 0.581. The number of carbonyl (C=O) groups excluding carboxylic acids is 1. The summed E-state index contributed by atoms with van der Waals surface area (Å²) >= 11 is 5.97. The third-order valence-corrected chi connectivity index (χ3v) is 5.42. The first-order valence-electron chi connectivity index (χ1n) is 9.71. The van der Waals surface area contributed by atoms with Gasteiger partial charge in [-0.05, 0) is 43.3 Å². The summed E-state index contributed by atoms with van der Waals surface area (Å²) in [5, 5.41) is 11.0. The topological polar surface area (TPSA) is 99.5 Å². The van der Waals surface area contributed by atoms with Gasteiger partial charge in [-0.1, -0.05) is 11.6 Å². The average Bonchev–Trinajstić information content (AvgIpc) is 3.26. The highest BCUT2D eigenvalue weighted by molar-refractivity contribution is 6.30. The molecule has 3 aromatic rings. The van der Waals surface area contributed by atoms with Crippen molar-refractivity contribution in [3.8, 4) is 17.2 Å². The van der Waals surface area contributed by atoms with Gasteiger partial charge in [0.25, 0.3) is 5.91 Å². The molecule has 4 rings (SSSR count). The molecule has 1 aliphatic rings. The molecule has 1 amide bonds. The summed E-state index contributed by atoms with van der Waals surface area (Å²) in [5.41, 5.74) is 2.36. The van der Waals surface area contributed by atoms with Crippen LogP contribution in [0, 0.1) is 0 Å². The van der Waals surface area contributed by atoms with Gasteiger partial charge >= 0.3 is 0 Å². The predicted octanol–water partition coefficient (Wildman–Crippen LogP) is 3.88. The Morgan fingerprint density at radius 3 is 2.44 bits per heavy atom. The third kappa shape index (κ3) is 3.71. The second kappa shape index (κ2) is 8.80. The molecule has 0 saturated heterocycles. The molecular weight excluding hydrogens is 434 g/mol. The molecule has 0 bridgehead atoms. The van der Waals surface area contributed by atoms with E-state index in [4.69, 9.17) is 25.8 Å². The van der Waals surface area contributed by atoms with Gasteiger partial charge in [0.2, 0.25) is 11.7 Å². The van der Waals surface area contributed by atoms with Gasteiger partial charge in [-0.15, -0.1) is 0 Å². The Hall–Kier alpha value is -3.72. The summed E-state index contributed by atoms with van der Waals surface area (Å²) < 4.78 is 18.3. The lowest BCUT2D eigenvalue weighted by molar-refractivity contribution is -0.113. The number of carbonyl (C=O) groups is 1. The van der Waals surface area contributed by atoms with Crippen LogP contribution in [0.1, 0.15) is 18.5 Å². The maximum atomic E-state index is 13.5. The summed E-state index contributed by atoms with van der Waals surface area (Å²) in [7, 11) is 4.61. The van der Waals surface area contributed by atoms with Crippen molar-refractivity contribution in [1.29, 1.82) is 0 Å². The second-order valence-electron chi connectivity index (χ2n) is 6.98. The van der Waals surface area contributed by atoms with E-state index < -0.39 is 6.04 Å². The summed E-state index contributed by atoms with van der Waals surface area (Å²) in [5.74, 6) is 1.56. The lowest BCUT2D eigenvalue weighted by Gasteiger charge is -2.30. The Kier molecular flexibility index (Phi) is 5.91. The Balaban J connectivity index is 1.85. The third-order valence-electron chi connectivity index (χ3n) is 5.17. The van der Waals surface area contributed by atoms with Gasteiger partial charge in [0.15, 0.2) is 11.5 Å². The highest BCUT2D eigenvalue weighted by Crippen LogP contribution is 2.46. The number of nitrogens with one attached hydrogen (secondary N) is 2. The molecular formula is C22H22ClN5O4. The van der Waals surface area contributed by atoms with Gasteiger partial charge in [-0.3, -0.25) is 4.79 Å². The molecule has 1 aromatic heterocycles. The van der Waals surface area contributed by atoms with Gasteiger partial charge in [-0.2, -0.15) is 10.1 Å². The normalized spacial score (nSPS) is 15.0. The van der Waals surface area contributed by atoms with E-state index >= 15 is 0 Å². The number of fused-ring (bicyclic) bond motifs is 1. The SMILES string of the molecule is COc1ccc(C2C(C(=O)Nc3ccc(Cl)cc3)=C(C)Nc3ncnn32)c(OC)c1OC. The maximum absolute atomic E-state index is 13.5. The fraction of sp³-hybridized carbons (Fsp3) is 0.227. The van der Waals surface area contributed by atoms with E-state index in [1.807, 2.05) is 13.0 Å². The molecule has 0 spiro atoms. The van der Waals surface area contributed by atoms with E-state index in [9.17, 15) is 4.79 Å². The summed E-state index contributed by atoms with van der Waals surface area (Å²) in [6.45, 7) is 1.81. The number of anilines is 2. The summed E-state index contributed by atoms with van der Waals surface area (Å²) in [6, 6.07) is 9.85. The van der Waals surface area contributed by atoms with Gasteiger partial charge < -0.3 is 24.8 Å². The van der Waals surface area contributed by atoms with E-state index in [2.05, 4.69) is 20.7 Å². The van der Waals surface area contributed by atoms with E-state index in [1.165, 1.54) is 20.5 Å². The van der Waals surface area contributed by atoms with Gasteiger partial charge in [-0.25, -0.2) is 4.68 Å². The number of hydrogen-bond acceptors (Lipinski definition) is 7. The number of amides is 1. The zero-order valence-electron chi connectivity index (χ0n) is 18.0. The van der Waals surface area contributed by atoms with Crippen molar-refractivity contribution < 1.29 is 19.0 Å². The molecule has 0 saturated carbocycles. The Morgan fingerprint density at radius 1 is 1.06 bits per heavy atom. The molecule has 32 heavy (non-hydrogen) atoms. The molecule has 0 fully saturated rings. The van der Waals surface area contributed by atoms with Crippen molar-refractivity contribution in [3.63, 3.8) is 0 Å². The fourth-order valence-electron chi connectivity index (χ4n) is 3.74. The molecule has 0 radical (unpaired) electrons. The minimum Gasteiger partial charge on any atom is -0.493 e. The van der Waals surface area contributed by atoms with Crippen LogP contribution in [0.4, 0.5) is 11.6 Å². The number of benzene rings is 2. The van der Waals surface area contributed by atoms with E-state index in [0.717, 1.165) is 0 Å². The number of methoxy groups -OCH3 is 3. The van der Waals surface area contributed by atoms with Crippen molar-refractivity contribution in [1.82, 2.24) is 14.8 Å². The molecule has 10 heteroatoms. The van der Waals surface area contributed by atoms with E-state index in [0.29, 0.717) is 50.7 Å². The van der Waals surface area contributed by atoms with Crippen LogP contribution in [0.2, 0.25) is 5.02 Å². The lowest BCUT2D eigenvalue weighted by atomic mass is 9.93. The maximum Gasteiger partial charge on any atom is 0.255 e. The molecule has 166 valence electrons. The smallest absolute Gasteiger partial charge is 0.255 e. The zero-order chi connectivity index (χ0) is 22.8. The van der Waals surface area contributed by atoms with Crippen molar-refractivity contribution in [2.75, 3.05) is 32.0 Å². The second-order valence-corrected chi connectivity index (χ2v) is 7.42. The lowest BCUT2D eigenvalue weighted by Crippen LogP contribution is -2.31. The number of hydrogen-bond donors (Lipinski definition) is 2. The first-order valence-corrected chi connectivity index (χ1v) is 10.1. The van der Waals surface area contributed by atoms with Crippen LogP contribution in [-0.4, -0.2) is 42.0 Å². The van der Waals surface area contributed by atoms with E-state index in [-0.39, 0.29) is 5.91 Å². The van der Waals surface area contributed by atoms with Crippen LogP contribution in [-0.2, 0) is 4.79 Å². The largest absolute Gasteiger partial charge is 0.493 e. The summed E-state index contributed by atoms with van der Waals surface area (Å²) in [6.07, 6.45) is 1.43. The highest BCUT2D eigenvalue weighted by atomic mass is 35.5. The predicted molar refractivity (Wildman–Crippen MR) is 121 cm³/mol. The van der Waals surface area contributed by atoms with Crippen molar-refractivity contribution in [2.24, 2.45) is 0 Å². The number of ether oxygens (including phenoxy) is 3. The molecule has 1 aliphatic heterocycles. The number of halogens is 1. The zero-order valence-corrected chi connectivity index (χ0v) is 18.7. The van der Waals surface area contributed by atoms with Crippen LogP contribution in [0.5, 0.6) is 17.2 Å². The minimum absolute atomic E-state index is 0.305. The molecule has 2 aromatic carbocycles. The number of rotatable bonds is 6. The fourth-order valence-corrected chi connectivity index (χ4v) is 3.87. The average molecular weight is 456 g/mol. The number of aromatic nitrogens is 3. The van der Waals surface area contributed by atoms with Crippen LogP contribution in [0.3, 0.4) is 0 Å². The Morgan fingerprint density at radius 2 is 1.78 bits per heavy atom. The molecule has 2 N–H and O–H groups in total. The molecule has 0 aliphatic carbocycles. The number of allylic oxidation sites excluding steroid dienone is 1. The minimum atomic E-state index is -0.629. The first-order chi connectivity index (χ1) is 15.5. The molecule has 2 heterocycles. The molecule has 1 atom stereocenters. The van der Waals surface area contributed by atoms with Crippen LogP contribution in [0.15, 0.2) is 54.0 Å².